The summed E-state index contributed by atoms with van der Waals surface area (Å²) in [6, 6.07) is 10.8. The van der Waals surface area contributed by atoms with Gasteiger partial charge >= 0.3 is 0 Å². The predicted molar refractivity (Wildman–Crippen MR) is 83.5 cm³/mol. The van der Waals surface area contributed by atoms with E-state index in [1.807, 2.05) is 30.3 Å². The molecule has 1 saturated carbocycles. The number of carbonyl (C=O) groups is 1. The zero-order valence-corrected chi connectivity index (χ0v) is 12.5. The largest absolute Gasteiger partial charge is 0.390 e. The van der Waals surface area contributed by atoms with E-state index >= 15 is 0 Å². The molecular weight excluding hydrogens is 280 g/mol. The summed E-state index contributed by atoms with van der Waals surface area (Å²) in [4.78, 5) is 18.5. The molecule has 2 aromatic rings. The molecule has 1 aliphatic rings. The number of fused-ring (bicyclic) bond motifs is 1. The van der Waals surface area contributed by atoms with E-state index in [-0.39, 0.29) is 11.9 Å². The molecule has 116 valence electrons. The monoisotopic (exact) mass is 300 g/mol. The van der Waals surface area contributed by atoms with Crippen LogP contribution in [0.4, 0.5) is 0 Å². The first-order chi connectivity index (χ1) is 10.6. The molecule has 0 radical (unpaired) electrons. The smallest absolute Gasteiger partial charge is 0.272 e. The minimum absolute atomic E-state index is 0.232. The Bertz CT molecular complexity index is 688. The molecule has 0 unspecified atom stereocenters. The summed E-state index contributed by atoms with van der Waals surface area (Å²) in [6.07, 6.45) is 0.398. The minimum Gasteiger partial charge on any atom is -0.390 e. The zero-order chi connectivity index (χ0) is 15.7. The van der Waals surface area contributed by atoms with Gasteiger partial charge in [0.1, 0.15) is 11.8 Å². The van der Waals surface area contributed by atoms with Crippen molar-refractivity contribution in [2.45, 2.75) is 37.5 Å². The van der Waals surface area contributed by atoms with Gasteiger partial charge < -0.3 is 15.1 Å². The molecule has 1 amide bonds. The quantitative estimate of drug-likeness (QED) is 0.883. The molecule has 0 spiro atoms. The number of carbonyl (C=O) groups excluding carboxylic acids is 1. The van der Waals surface area contributed by atoms with Gasteiger partial charge in [0.15, 0.2) is 0 Å². The Morgan fingerprint density at radius 1 is 1.18 bits per heavy atom. The van der Waals surface area contributed by atoms with Crippen LogP contribution in [0.15, 0.2) is 36.4 Å². The molecule has 5 nitrogen and oxygen atoms in total. The van der Waals surface area contributed by atoms with E-state index < -0.39 is 12.2 Å². The van der Waals surface area contributed by atoms with Gasteiger partial charge in [-0.3, -0.25) is 4.79 Å². The van der Waals surface area contributed by atoms with Gasteiger partial charge in [-0.05, 0) is 31.4 Å². The van der Waals surface area contributed by atoms with Crippen molar-refractivity contribution in [3.05, 3.63) is 42.1 Å². The van der Waals surface area contributed by atoms with Gasteiger partial charge in [0.2, 0.25) is 0 Å². The fourth-order valence-electron chi connectivity index (χ4n) is 3.07. The highest BCUT2D eigenvalue weighted by atomic mass is 16.3. The third kappa shape index (κ3) is 2.69. The average molecular weight is 300 g/mol. The van der Waals surface area contributed by atoms with Crippen molar-refractivity contribution in [1.29, 1.82) is 0 Å². The lowest BCUT2D eigenvalue weighted by Gasteiger charge is -2.37. The summed E-state index contributed by atoms with van der Waals surface area (Å²) in [5, 5.41) is 20.9. The molecule has 1 heterocycles. The van der Waals surface area contributed by atoms with Crippen LogP contribution in [0.5, 0.6) is 0 Å². The maximum atomic E-state index is 12.6. The standard InChI is InChI=1S/C17H20N2O3/c1-19(14-7-4-8-15(20)16(14)21)17(22)13-10-9-11-5-2-3-6-12(11)18-13/h2-3,5-6,9-10,14-16,20-21H,4,7-8H2,1H3/t14-,15-,16-/m1/s1. The number of amides is 1. The van der Waals surface area contributed by atoms with Crippen LogP contribution in [-0.2, 0) is 0 Å². The SMILES string of the molecule is CN(C(=O)c1ccc2ccccc2n1)[C@@H]1CCC[C@@H](O)[C@@H]1O. The molecule has 3 rings (SSSR count). The lowest BCUT2D eigenvalue weighted by Crippen LogP contribution is -2.51. The van der Waals surface area contributed by atoms with Gasteiger partial charge in [0, 0.05) is 12.4 Å². The second-order valence-corrected chi connectivity index (χ2v) is 5.86. The first-order valence-electron chi connectivity index (χ1n) is 7.57. The summed E-state index contributed by atoms with van der Waals surface area (Å²) in [5.41, 5.74) is 1.12. The Balaban J connectivity index is 1.85. The Hall–Kier alpha value is -1.98. The lowest BCUT2D eigenvalue weighted by atomic mass is 9.89. The van der Waals surface area contributed by atoms with Crippen LogP contribution in [0.3, 0.4) is 0 Å². The Labute approximate surface area is 129 Å². The number of hydrogen-bond acceptors (Lipinski definition) is 4. The second-order valence-electron chi connectivity index (χ2n) is 5.86. The number of aromatic nitrogens is 1. The van der Waals surface area contributed by atoms with Crippen molar-refractivity contribution in [3.8, 4) is 0 Å². The number of nitrogens with zero attached hydrogens (tertiary/aromatic N) is 2. The molecule has 5 heteroatoms. The van der Waals surface area contributed by atoms with Crippen LogP contribution in [0.2, 0.25) is 0 Å². The van der Waals surface area contributed by atoms with Crippen molar-refractivity contribution >= 4 is 16.8 Å². The first kappa shape index (κ1) is 14.9. The fraction of sp³-hybridized carbons (Fsp3) is 0.412. The van der Waals surface area contributed by atoms with Crippen molar-refractivity contribution < 1.29 is 15.0 Å². The van der Waals surface area contributed by atoms with E-state index in [4.69, 9.17) is 0 Å². The number of para-hydroxylation sites is 1. The van der Waals surface area contributed by atoms with Gasteiger partial charge in [-0.15, -0.1) is 0 Å². The third-order valence-electron chi connectivity index (χ3n) is 4.42. The zero-order valence-electron chi connectivity index (χ0n) is 12.5. The highest BCUT2D eigenvalue weighted by Crippen LogP contribution is 2.24. The summed E-state index contributed by atoms with van der Waals surface area (Å²) in [5.74, 6) is -0.232. The van der Waals surface area contributed by atoms with Crippen LogP contribution in [0.1, 0.15) is 29.8 Å². The molecular formula is C17H20N2O3. The number of likely N-dealkylation sites (N-methyl/N-ethyl adjacent to an activating group) is 1. The van der Waals surface area contributed by atoms with Crippen LogP contribution >= 0.6 is 0 Å². The first-order valence-corrected chi connectivity index (χ1v) is 7.57. The number of benzene rings is 1. The predicted octanol–water partition coefficient (Wildman–Crippen LogP) is 1.58. The van der Waals surface area contributed by atoms with Crippen molar-refractivity contribution in [2.24, 2.45) is 0 Å². The third-order valence-corrected chi connectivity index (χ3v) is 4.42. The summed E-state index contributed by atoms with van der Waals surface area (Å²) >= 11 is 0. The molecule has 0 aliphatic heterocycles. The van der Waals surface area contributed by atoms with E-state index in [1.165, 1.54) is 4.90 Å². The normalized spacial score (nSPS) is 25.1. The van der Waals surface area contributed by atoms with Crippen molar-refractivity contribution in [3.63, 3.8) is 0 Å². The number of pyridine rings is 1. The van der Waals surface area contributed by atoms with Crippen molar-refractivity contribution in [1.82, 2.24) is 9.88 Å². The highest BCUT2D eigenvalue weighted by Gasteiger charge is 2.35. The van der Waals surface area contributed by atoms with Gasteiger partial charge in [-0.2, -0.15) is 0 Å². The highest BCUT2D eigenvalue weighted by molar-refractivity contribution is 5.95. The minimum atomic E-state index is -0.900. The summed E-state index contributed by atoms with van der Waals surface area (Å²) in [6.45, 7) is 0. The van der Waals surface area contributed by atoms with Gasteiger partial charge in [0.05, 0.1) is 17.7 Å². The van der Waals surface area contributed by atoms with E-state index in [2.05, 4.69) is 4.98 Å². The molecule has 0 bridgehead atoms. The molecule has 2 N–H and O–H groups in total. The second kappa shape index (κ2) is 6.02. The van der Waals surface area contributed by atoms with Gasteiger partial charge in [-0.1, -0.05) is 24.3 Å². The van der Waals surface area contributed by atoms with Gasteiger partial charge in [0.25, 0.3) is 5.91 Å². The molecule has 0 saturated heterocycles. The Morgan fingerprint density at radius 3 is 2.77 bits per heavy atom. The summed E-state index contributed by atoms with van der Waals surface area (Å²) < 4.78 is 0. The Morgan fingerprint density at radius 2 is 1.95 bits per heavy atom. The maximum absolute atomic E-state index is 12.6. The molecule has 1 aliphatic carbocycles. The van der Waals surface area contributed by atoms with Gasteiger partial charge in [-0.25, -0.2) is 4.98 Å². The molecule has 1 fully saturated rings. The van der Waals surface area contributed by atoms with Crippen LogP contribution < -0.4 is 0 Å². The van der Waals surface area contributed by atoms with E-state index in [0.717, 1.165) is 17.3 Å². The van der Waals surface area contributed by atoms with Crippen LogP contribution in [0, 0.1) is 0 Å². The molecule has 3 atom stereocenters. The van der Waals surface area contributed by atoms with E-state index in [0.29, 0.717) is 18.5 Å². The average Bonchev–Trinajstić information content (AvgIpc) is 2.55. The topological polar surface area (TPSA) is 73.7 Å². The van der Waals surface area contributed by atoms with Crippen LogP contribution in [-0.4, -0.2) is 51.3 Å². The molecule has 22 heavy (non-hydrogen) atoms. The summed E-state index contributed by atoms with van der Waals surface area (Å²) in [7, 11) is 1.66. The van der Waals surface area contributed by atoms with E-state index in [1.54, 1.807) is 13.1 Å². The van der Waals surface area contributed by atoms with E-state index in [9.17, 15) is 15.0 Å². The molecule has 1 aromatic carbocycles. The number of aliphatic hydroxyl groups excluding tert-OH is 2. The van der Waals surface area contributed by atoms with Crippen molar-refractivity contribution in [2.75, 3.05) is 7.05 Å². The van der Waals surface area contributed by atoms with Crippen LogP contribution in [0.25, 0.3) is 10.9 Å². The number of hydrogen-bond donors (Lipinski definition) is 2. The Kier molecular flexibility index (Phi) is 4.09. The lowest BCUT2D eigenvalue weighted by molar-refractivity contribution is -0.0527. The number of rotatable bonds is 2. The fourth-order valence-corrected chi connectivity index (χ4v) is 3.07. The maximum Gasteiger partial charge on any atom is 0.272 e. The number of aliphatic hydroxyl groups is 2. The molecule has 1 aromatic heterocycles.